The Bertz CT molecular complexity index is 1070. The van der Waals surface area contributed by atoms with Crippen LogP contribution in [-0.4, -0.2) is 50.1 Å². The smallest absolute Gasteiger partial charge is 0.211 e. The van der Waals surface area contributed by atoms with Gasteiger partial charge in [-0.3, -0.25) is 4.90 Å². The predicted octanol–water partition coefficient (Wildman–Crippen LogP) is 3.88. The highest BCUT2D eigenvalue weighted by atomic mass is 32.2. The fourth-order valence-corrected chi connectivity index (χ4v) is 4.63. The molecule has 0 N–H and O–H groups in total. The van der Waals surface area contributed by atoms with Gasteiger partial charge in [0.2, 0.25) is 10.0 Å². The van der Waals surface area contributed by atoms with Crippen LogP contribution >= 0.6 is 0 Å². The summed E-state index contributed by atoms with van der Waals surface area (Å²) in [5.41, 5.74) is 4.52. The lowest BCUT2D eigenvalue weighted by atomic mass is 10.0. The van der Waals surface area contributed by atoms with E-state index < -0.39 is 10.0 Å². The molecule has 28 heavy (non-hydrogen) atoms. The SMILES string of the molecule is Cc1ccc(-c2ccc3oc(CN4CCCN(S(C)(=O)=O)CC4)cc3c2)cc1. The second kappa shape index (κ2) is 7.70. The summed E-state index contributed by atoms with van der Waals surface area (Å²) < 4.78 is 31.2. The zero-order chi connectivity index (χ0) is 19.7. The fraction of sp³-hybridized carbons (Fsp3) is 0.364. The number of aryl methyl sites for hydroxylation is 1. The molecule has 3 aromatic rings. The minimum absolute atomic E-state index is 0.538. The molecule has 2 heterocycles. The number of rotatable bonds is 4. The van der Waals surface area contributed by atoms with Crippen LogP contribution < -0.4 is 0 Å². The summed E-state index contributed by atoms with van der Waals surface area (Å²) in [4.78, 5) is 2.27. The molecule has 0 amide bonds. The zero-order valence-corrected chi connectivity index (χ0v) is 17.2. The van der Waals surface area contributed by atoms with Crippen molar-refractivity contribution in [3.63, 3.8) is 0 Å². The van der Waals surface area contributed by atoms with Crippen LogP contribution in [0.3, 0.4) is 0 Å². The average molecular weight is 399 g/mol. The van der Waals surface area contributed by atoms with Gasteiger partial charge < -0.3 is 4.42 Å². The van der Waals surface area contributed by atoms with Crippen LogP contribution in [0.2, 0.25) is 0 Å². The molecule has 5 nitrogen and oxygen atoms in total. The molecular formula is C22H26N2O3S. The van der Waals surface area contributed by atoms with Crippen molar-refractivity contribution in [2.24, 2.45) is 0 Å². The van der Waals surface area contributed by atoms with Crippen molar-refractivity contribution in [1.82, 2.24) is 9.21 Å². The van der Waals surface area contributed by atoms with Crippen molar-refractivity contribution >= 4 is 21.0 Å². The van der Waals surface area contributed by atoms with Gasteiger partial charge in [0.1, 0.15) is 11.3 Å². The second-order valence-corrected chi connectivity index (χ2v) is 9.61. The van der Waals surface area contributed by atoms with Crippen LogP contribution in [0.4, 0.5) is 0 Å². The van der Waals surface area contributed by atoms with Gasteiger partial charge in [-0.05, 0) is 49.2 Å². The fourth-order valence-electron chi connectivity index (χ4n) is 3.76. The van der Waals surface area contributed by atoms with E-state index in [-0.39, 0.29) is 0 Å². The summed E-state index contributed by atoms with van der Waals surface area (Å²) in [5.74, 6) is 0.920. The average Bonchev–Trinajstić information content (AvgIpc) is 2.88. The highest BCUT2D eigenvalue weighted by molar-refractivity contribution is 7.88. The molecule has 6 heteroatoms. The quantitative estimate of drug-likeness (QED) is 0.669. The standard InChI is InChI=1S/C22H26N2O3S/c1-17-4-6-18(7-5-17)19-8-9-22-20(14-19)15-21(27-22)16-23-10-3-11-24(13-12-23)28(2,25)26/h4-9,14-15H,3,10-13,16H2,1-2H3. The van der Waals surface area contributed by atoms with Crippen molar-refractivity contribution in [2.75, 3.05) is 32.4 Å². The molecule has 1 saturated heterocycles. The molecule has 2 aromatic carbocycles. The Hall–Kier alpha value is -2.15. The Balaban J connectivity index is 1.50. The first kappa shape index (κ1) is 19.2. The molecule has 148 valence electrons. The Labute approximate surface area is 166 Å². The molecule has 0 aliphatic carbocycles. The van der Waals surface area contributed by atoms with Crippen molar-refractivity contribution < 1.29 is 12.8 Å². The Kier molecular flexibility index (Phi) is 5.27. The number of sulfonamides is 1. The van der Waals surface area contributed by atoms with Gasteiger partial charge in [0.15, 0.2) is 0 Å². The van der Waals surface area contributed by atoms with Crippen LogP contribution in [0.5, 0.6) is 0 Å². The lowest BCUT2D eigenvalue weighted by Gasteiger charge is -2.19. The first-order chi connectivity index (χ1) is 13.4. The third kappa shape index (κ3) is 4.29. The van der Waals surface area contributed by atoms with Crippen molar-refractivity contribution in [3.8, 4) is 11.1 Å². The topological polar surface area (TPSA) is 53.8 Å². The molecule has 0 radical (unpaired) electrons. The van der Waals surface area contributed by atoms with E-state index in [2.05, 4.69) is 54.3 Å². The summed E-state index contributed by atoms with van der Waals surface area (Å²) >= 11 is 0. The van der Waals surface area contributed by atoms with Gasteiger partial charge in [-0.15, -0.1) is 0 Å². The lowest BCUT2D eigenvalue weighted by molar-refractivity contribution is 0.258. The van der Waals surface area contributed by atoms with E-state index in [4.69, 9.17) is 4.42 Å². The van der Waals surface area contributed by atoms with E-state index in [9.17, 15) is 8.42 Å². The lowest BCUT2D eigenvalue weighted by Crippen LogP contribution is -2.34. The normalized spacial score (nSPS) is 17.1. The van der Waals surface area contributed by atoms with Crippen molar-refractivity contribution in [3.05, 3.63) is 59.9 Å². The maximum absolute atomic E-state index is 11.8. The summed E-state index contributed by atoms with van der Waals surface area (Å²) in [6.07, 6.45) is 2.12. The Morgan fingerprint density at radius 3 is 2.43 bits per heavy atom. The molecule has 1 aromatic heterocycles. The van der Waals surface area contributed by atoms with Gasteiger partial charge in [0.25, 0.3) is 0 Å². The molecule has 0 atom stereocenters. The first-order valence-electron chi connectivity index (χ1n) is 9.65. The maximum atomic E-state index is 11.8. The van der Waals surface area contributed by atoms with E-state index >= 15 is 0 Å². The Morgan fingerprint density at radius 1 is 0.929 bits per heavy atom. The van der Waals surface area contributed by atoms with E-state index in [1.807, 2.05) is 6.07 Å². The molecule has 1 aliphatic heterocycles. The molecule has 1 aliphatic rings. The maximum Gasteiger partial charge on any atom is 0.211 e. The number of fused-ring (bicyclic) bond motifs is 1. The molecule has 0 bridgehead atoms. The van der Waals surface area contributed by atoms with E-state index in [0.29, 0.717) is 19.6 Å². The zero-order valence-electron chi connectivity index (χ0n) is 16.4. The van der Waals surface area contributed by atoms with Crippen LogP contribution in [0.25, 0.3) is 22.1 Å². The predicted molar refractivity (Wildman–Crippen MR) is 113 cm³/mol. The molecule has 0 saturated carbocycles. The monoisotopic (exact) mass is 398 g/mol. The van der Waals surface area contributed by atoms with Crippen LogP contribution in [0.15, 0.2) is 52.9 Å². The number of benzene rings is 2. The van der Waals surface area contributed by atoms with Gasteiger partial charge in [-0.1, -0.05) is 35.9 Å². The van der Waals surface area contributed by atoms with Crippen molar-refractivity contribution in [2.45, 2.75) is 19.9 Å². The Morgan fingerprint density at radius 2 is 1.68 bits per heavy atom. The third-order valence-electron chi connectivity index (χ3n) is 5.35. The number of hydrogen-bond acceptors (Lipinski definition) is 4. The minimum atomic E-state index is -3.12. The highest BCUT2D eigenvalue weighted by Crippen LogP contribution is 2.27. The summed E-state index contributed by atoms with van der Waals surface area (Å²) in [5, 5.41) is 1.10. The van der Waals surface area contributed by atoms with E-state index in [0.717, 1.165) is 36.2 Å². The summed E-state index contributed by atoms with van der Waals surface area (Å²) in [6, 6.07) is 16.9. The molecule has 0 unspecified atom stereocenters. The number of hydrogen-bond donors (Lipinski definition) is 0. The molecular weight excluding hydrogens is 372 g/mol. The van der Waals surface area contributed by atoms with Crippen LogP contribution in [-0.2, 0) is 16.6 Å². The second-order valence-electron chi connectivity index (χ2n) is 7.62. The van der Waals surface area contributed by atoms with Gasteiger partial charge in [0.05, 0.1) is 12.8 Å². The third-order valence-corrected chi connectivity index (χ3v) is 6.65. The highest BCUT2D eigenvalue weighted by Gasteiger charge is 2.22. The van der Waals surface area contributed by atoms with Gasteiger partial charge in [0, 0.05) is 25.0 Å². The van der Waals surface area contributed by atoms with Gasteiger partial charge >= 0.3 is 0 Å². The minimum Gasteiger partial charge on any atom is -0.460 e. The molecule has 0 spiro atoms. The largest absolute Gasteiger partial charge is 0.460 e. The summed E-state index contributed by atoms with van der Waals surface area (Å²) in [6.45, 7) is 5.52. The van der Waals surface area contributed by atoms with Gasteiger partial charge in [-0.25, -0.2) is 12.7 Å². The molecule has 1 fully saturated rings. The molecule has 4 rings (SSSR count). The van der Waals surface area contributed by atoms with Crippen LogP contribution in [0, 0.1) is 6.92 Å². The number of nitrogens with zero attached hydrogens (tertiary/aromatic N) is 2. The number of furan rings is 1. The van der Waals surface area contributed by atoms with E-state index in [1.54, 1.807) is 4.31 Å². The van der Waals surface area contributed by atoms with Crippen LogP contribution in [0.1, 0.15) is 17.7 Å². The summed E-state index contributed by atoms with van der Waals surface area (Å²) in [7, 11) is -3.12. The van der Waals surface area contributed by atoms with Crippen molar-refractivity contribution in [1.29, 1.82) is 0 Å². The first-order valence-corrected chi connectivity index (χ1v) is 11.5. The van der Waals surface area contributed by atoms with Gasteiger partial charge in [-0.2, -0.15) is 0 Å². The van der Waals surface area contributed by atoms with E-state index in [1.165, 1.54) is 22.9 Å².